The molecule has 0 aliphatic carbocycles. The molecule has 0 rings (SSSR count). The number of alkyl halides is 7. The Morgan fingerprint density at radius 1 is 0.750 bits per heavy atom. The lowest BCUT2D eigenvalue weighted by Crippen LogP contribution is -2.46. The molecule has 3 nitrogen and oxygen atoms in total. The Hall–Kier alpha value is -0.580. The molecular formula is C9H13F7O3S. The summed E-state index contributed by atoms with van der Waals surface area (Å²) in [6.07, 6.45) is -8.24. The van der Waals surface area contributed by atoms with Gasteiger partial charge in [0.05, 0.1) is 0 Å². The summed E-state index contributed by atoms with van der Waals surface area (Å²) < 4.78 is 115. The van der Waals surface area contributed by atoms with Gasteiger partial charge in [-0.05, 0) is 12.8 Å². The first-order valence-corrected chi connectivity index (χ1v) is 6.94. The van der Waals surface area contributed by atoms with Crippen LogP contribution in [-0.2, 0) is 10.1 Å². The van der Waals surface area contributed by atoms with Gasteiger partial charge in [-0.2, -0.15) is 39.2 Å². The van der Waals surface area contributed by atoms with Gasteiger partial charge in [-0.1, -0.05) is 12.8 Å². The van der Waals surface area contributed by atoms with Crippen LogP contribution in [0.3, 0.4) is 0 Å². The molecule has 0 aromatic rings. The summed E-state index contributed by atoms with van der Waals surface area (Å²) in [5.74, 6) is -4.98. The number of unbranched alkanes of at least 4 members (excludes halogenated alkanes) is 3. The minimum Gasteiger partial charge on any atom is -0.281 e. The molecule has 0 aliphatic heterocycles. The van der Waals surface area contributed by atoms with Crippen molar-refractivity contribution in [2.75, 3.05) is 0 Å². The van der Waals surface area contributed by atoms with Crippen LogP contribution in [0.4, 0.5) is 30.7 Å². The van der Waals surface area contributed by atoms with Crippen molar-refractivity contribution >= 4 is 10.1 Å². The van der Waals surface area contributed by atoms with Crippen LogP contribution < -0.4 is 0 Å². The van der Waals surface area contributed by atoms with Gasteiger partial charge in [0.15, 0.2) is 0 Å². The van der Waals surface area contributed by atoms with Crippen LogP contribution in [-0.4, -0.2) is 30.3 Å². The van der Waals surface area contributed by atoms with E-state index in [4.69, 9.17) is 4.55 Å². The van der Waals surface area contributed by atoms with Crippen LogP contribution in [0, 0.1) is 0 Å². The van der Waals surface area contributed by atoms with Gasteiger partial charge in [0.2, 0.25) is 0 Å². The van der Waals surface area contributed by atoms with Gasteiger partial charge in [-0.25, -0.2) is 0 Å². The number of halogens is 7. The SMILES string of the molecule is O=S(=O)(O)C(F)(F)C(F)(F)CCCCCCC(F)(F)F. The van der Waals surface area contributed by atoms with Gasteiger partial charge in [0, 0.05) is 12.8 Å². The molecule has 0 heterocycles. The average molecular weight is 334 g/mol. The zero-order valence-electron chi connectivity index (χ0n) is 10.1. The molecule has 0 unspecified atom stereocenters. The lowest BCUT2D eigenvalue weighted by molar-refractivity contribution is -0.164. The third kappa shape index (κ3) is 5.81. The van der Waals surface area contributed by atoms with Crippen LogP contribution in [0.25, 0.3) is 0 Å². The topological polar surface area (TPSA) is 54.4 Å². The quantitative estimate of drug-likeness (QED) is 0.415. The zero-order chi connectivity index (χ0) is 16.2. The third-order valence-corrected chi connectivity index (χ3v) is 3.40. The molecule has 0 radical (unpaired) electrons. The standard InChI is InChI=1S/C9H13F7O3S/c10-7(11,9(15,16)20(17,18)19)5-3-1-2-4-6-8(12,13)14/h1-6H2,(H,17,18,19). The smallest absolute Gasteiger partial charge is 0.281 e. The molecular weight excluding hydrogens is 321 g/mol. The highest BCUT2D eigenvalue weighted by Crippen LogP contribution is 2.41. The number of rotatable bonds is 8. The van der Waals surface area contributed by atoms with E-state index in [0.29, 0.717) is 0 Å². The Labute approximate surface area is 110 Å². The highest BCUT2D eigenvalue weighted by molar-refractivity contribution is 7.87. The molecule has 20 heavy (non-hydrogen) atoms. The second-order valence-electron chi connectivity index (χ2n) is 4.23. The van der Waals surface area contributed by atoms with Crippen LogP contribution in [0.2, 0.25) is 0 Å². The normalized spacial score (nSPS) is 14.6. The van der Waals surface area contributed by atoms with E-state index in [0.717, 1.165) is 0 Å². The van der Waals surface area contributed by atoms with Crippen LogP contribution in [0.15, 0.2) is 0 Å². The van der Waals surface area contributed by atoms with Crippen molar-refractivity contribution in [2.45, 2.75) is 55.9 Å². The first kappa shape index (κ1) is 19.4. The van der Waals surface area contributed by atoms with Crippen molar-refractivity contribution in [3.05, 3.63) is 0 Å². The lowest BCUT2D eigenvalue weighted by atomic mass is 10.1. The highest BCUT2D eigenvalue weighted by atomic mass is 32.2. The van der Waals surface area contributed by atoms with Crippen molar-refractivity contribution in [2.24, 2.45) is 0 Å². The molecule has 1 N–H and O–H groups in total. The fourth-order valence-electron chi connectivity index (χ4n) is 1.36. The molecule has 0 amide bonds. The fourth-order valence-corrected chi connectivity index (χ4v) is 1.84. The van der Waals surface area contributed by atoms with Crippen molar-refractivity contribution in [3.8, 4) is 0 Å². The molecule has 122 valence electrons. The maximum atomic E-state index is 12.9. The molecule has 0 fully saturated rings. The van der Waals surface area contributed by atoms with Gasteiger partial charge in [0.1, 0.15) is 0 Å². The van der Waals surface area contributed by atoms with Gasteiger partial charge < -0.3 is 0 Å². The van der Waals surface area contributed by atoms with Crippen LogP contribution in [0.5, 0.6) is 0 Å². The van der Waals surface area contributed by atoms with E-state index in [1.165, 1.54) is 0 Å². The monoisotopic (exact) mass is 334 g/mol. The lowest BCUT2D eigenvalue weighted by Gasteiger charge is -2.23. The van der Waals surface area contributed by atoms with E-state index in [-0.39, 0.29) is 19.3 Å². The van der Waals surface area contributed by atoms with Crippen LogP contribution >= 0.6 is 0 Å². The molecule has 0 saturated carbocycles. The Morgan fingerprint density at radius 2 is 1.15 bits per heavy atom. The Balaban J connectivity index is 4.19. The maximum absolute atomic E-state index is 12.9. The van der Waals surface area contributed by atoms with E-state index in [2.05, 4.69) is 0 Å². The van der Waals surface area contributed by atoms with Gasteiger partial charge >= 0.3 is 27.5 Å². The Morgan fingerprint density at radius 3 is 1.50 bits per heavy atom. The summed E-state index contributed by atoms with van der Waals surface area (Å²) in [4.78, 5) is 0. The maximum Gasteiger partial charge on any atom is 0.431 e. The predicted molar refractivity (Wildman–Crippen MR) is 55.2 cm³/mol. The second-order valence-corrected chi connectivity index (χ2v) is 5.69. The largest absolute Gasteiger partial charge is 0.431 e. The minimum atomic E-state index is -6.26. The van der Waals surface area contributed by atoms with E-state index < -0.39 is 46.7 Å². The van der Waals surface area contributed by atoms with Crippen LogP contribution in [0.1, 0.15) is 38.5 Å². The summed E-state index contributed by atoms with van der Waals surface area (Å²) in [5.41, 5.74) is 0. The minimum absolute atomic E-state index is 0.104. The molecule has 0 aromatic carbocycles. The Kier molecular flexibility index (Phi) is 6.27. The fraction of sp³-hybridized carbons (Fsp3) is 1.00. The van der Waals surface area contributed by atoms with Crippen molar-refractivity contribution in [1.29, 1.82) is 0 Å². The summed E-state index contributed by atoms with van der Waals surface area (Å²) in [6, 6.07) is 0. The number of hydrogen-bond donors (Lipinski definition) is 1. The zero-order valence-corrected chi connectivity index (χ0v) is 10.9. The van der Waals surface area contributed by atoms with Gasteiger partial charge in [-0.15, -0.1) is 0 Å². The second kappa shape index (κ2) is 6.46. The molecule has 0 aromatic heterocycles. The molecule has 0 bridgehead atoms. The van der Waals surface area contributed by atoms with E-state index in [1.54, 1.807) is 0 Å². The molecule has 0 aliphatic rings. The summed E-state index contributed by atoms with van der Waals surface area (Å²) in [6.45, 7) is 0. The van der Waals surface area contributed by atoms with Crippen molar-refractivity contribution in [1.82, 2.24) is 0 Å². The first-order valence-electron chi connectivity index (χ1n) is 5.50. The third-order valence-electron chi connectivity index (χ3n) is 2.45. The van der Waals surface area contributed by atoms with Crippen molar-refractivity contribution in [3.63, 3.8) is 0 Å². The van der Waals surface area contributed by atoms with E-state index >= 15 is 0 Å². The number of hydrogen-bond acceptors (Lipinski definition) is 2. The molecule has 11 heteroatoms. The summed E-state index contributed by atoms with van der Waals surface area (Å²) >= 11 is 0. The predicted octanol–water partition coefficient (Wildman–Crippen LogP) is 4.01. The summed E-state index contributed by atoms with van der Waals surface area (Å²) in [5, 5.41) is -5.62. The van der Waals surface area contributed by atoms with E-state index in [1.807, 2.05) is 0 Å². The molecule has 0 atom stereocenters. The molecule has 0 spiro atoms. The van der Waals surface area contributed by atoms with Crippen molar-refractivity contribution < 1.29 is 43.7 Å². The summed E-state index contributed by atoms with van der Waals surface area (Å²) in [7, 11) is -6.26. The first-order chi connectivity index (χ1) is 8.71. The van der Waals surface area contributed by atoms with Gasteiger partial charge in [0.25, 0.3) is 0 Å². The molecule has 0 saturated heterocycles. The average Bonchev–Trinajstić information content (AvgIpc) is 2.19. The van der Waals surface area contributed by atoms with E-state index in [9.17, 15) is 39.2 Å². The Bertz CT molecular complexity index is 402. The highest BCUT2D eigenvalue weighted by Gasteiger charge is 2.64. The van der Waals surface area contributed by atoms with Gasteiger partial charge in [-0.3, -0.25) is 4.55 Å².